The van der Waals surface area contributed by atoms with Crippen LogP contribution in [0, 0.1) is 0 Å². The minimum Gasteiger partial charge on any atom is -0.399 e. The van der Waals surface area contributed by atoms with E-state index in [2.05, 4.69) is 111 Å². The van der Waals surface area contributed by atoms with Crippen LogP contribution in [0.1, 0.15) is 194 Å². The van der Waals surface area contributed by atoms with Gasteiger partial charge in [-0.15, -0.1) is 0 Å². The average molecular weight is 715 g/mol. The van der Waals surface area contributed by atoms with Gasteiger partial charge in [-0.1, -0.05) is 196 Å². The number of hydrogen-bond acceptors (Lipinski definition) is 2. The first-order valence-corrected chi connectivity index (χ1v) is 22.0. The van der Waals surface area contributed by atoms with Gasteiger partial charge >= 0.3 is 0 Å². The van der Waals surface area contributed by atoms with E-state index in [1.54, 1.807) is 0 Å². The highest BCUT2D eigenvalue weighted by Crippen LogP contribution is 2.33. The molecule has 2 unspecified atom stereocenters. The van der Waals surface area contributed by atoms with E-state index in [-0.39, 0.29) is 0 Å². The molecule has 0 aliphatic rings. The molecule has 2 nitrogen and oxygen atoms in total. The second kappa shape index (κ2) is 25.5. The van der Waals surface area contributed by atoms with Crippen molar-refractivity contribution in [1.82, 2.24) is 0 Å². The molecule has 0 aliphatic heterocycles. The molecule has 0 amide bonds. The fraction of sp³-hybridized carbons (Fsp3) is 0.529. The largest absolute Gasteiger partial charge is 0.399 e. The van der Waals surface area contributed by atoms with E-state index in [0.29, 0.717) is 11.8 Å². The van der Waals surface area contributed by atoms with Crippen molar-refractivity contribution in [3.63, 3.8) is 0 Å². The summed E-state index contributed by atoms with van der Waals surface area (Å²) in [5.74, 6) is 0.894. The maximum absolute atomic E-state index is 6.05. The molecule has 4 rings (SSSR count). The van der Waals surface area contributed by atoms with Crippen LogP contribution < -0.4 is 11.5 Å². The number of rotatable bonds is 28. The van der Waals surface area contributed by atoms with Gasteiger partial charge < -0.3 is 11.5 Å². The maximum Gasteiger partial charge on any atom is 0.0314 e. The van der Waals surface area contributed by atoms with Gasteiger partial charge in [-0.25, -0.2) is 0 Å². The molecular formula is C51H74N2. The number of benzene rings is 4. The van der Waals surface area contributed by atoms with Crippen LogP contribution >= 0.6 is 0 Å². The van der Waals surface area contributed by atoms with Crippen molar-refractivity contribution in [2.24, 2.45) is 0 Å². The third-order valence-electron chi connectivity index (χ3n) is 11.6. The van der Waals surface area contributed by atoms with E-state index in [0.717, 1.165) is 24.2 Å². The van der Waals surface area contributed by atoms with Crippen LogP contribution in [0.5, 0.6) is 0 Å². The topological polar surface area (TPSA) is 52.0 Å². The van der Waals surface area contributed by atoms with E-state index in [9.17, 15) is 0 Å². The zero-order chi connectivity index (χ0) is 37.4. The molecule has 4 aromatic carbocycles. The molecule has 0 bridgehead atoms. The van der Waals surface area contributed by atoms with Gasteiger partial charge in [-0.05, 0) is 96.2 Å². The van der Waals surface area contributed by atoms with E-state index in [1.165, 1.54) is 168 Å². The van der Waals surface area contributed by atoms with E-state index in [1.807, 2.05) is 0 Å². The predicted octanol–water partition coefficient (Wildman–Crippen LogP) is 15.1. The minimum absolute atomic E-state index is 0.447. The molecule has 0 radical (unpaired) electrons. The molecule has 53 heavy (non-hydrogen) atoms. The normalized spacial score (nSPS) is 12.6. The van der Waals surface area contributed by atoms with Gasteiger partial charge in [-0.3, -0.25) is 0 Å². The van der Waals surface area contributed by atoms with Crippen LogP contribution in [0.25, 0.3) is 0 Å². The van der Waals surface area contributed by atoms with Crippen molar-refractivity contribution in [2.75, 3.05) is 11.5 Å². The summed E-state index contributed by atoms with van der Waals surface area (Å²) in [6, 6.07) is 36.4. The van der Waals surface area contributed by atoms with Crippen molar-refractivity contribution >= 4 is 11.4 Å². The lowest BCUT2D eigenvalue weighted by molar-refractivity contribution is 0.551. The van der Waals surface area contributed by atoms with Crippen LogP contribution in [0.4, 0.5) is 11.4 Å². The van der Waals surface area contributed by atoms with Crippen molar-refractivity contribution in [1.29, 1.82) is 0 Å². The molecule has 0 aromatic heterocycles. The number of hydrogen-bond donors (Lipinski definition) is 2. The lowest BCUT2D eigenvalue weighted by Gasteiger charge is -2.19. The molecule has 0 saturated carbocycles. The number of aryl methyl sites for hydroxylation is 2. The molecule has 0 saturated heterocycles. The highest BCUT2D eigenvalue weighted by Gasteiger charge is 2.16. The molecule has 0 heterocycles. The van der Waals surface area contributed by atoms with Gasteiger partial charge in [0.25, 0.3) is 0 Å². The summed E-state index contributed by atoms with van der Waals surface area (Å²) in [5, 5.41) is 0. The molecule has 4 N–H and O–H groups in total. The van der Waals surface area contributed by atoms with Crippen molar-refractivity contribution in [3.05, 3.63) is 130 Å². The fourth-order valence-electron chi connectivity index (χ4n) is 8.14. The standard InChI is InChI=1S/C51H74N2/c1-3-5-7-9-11-13-15-20-24-50(46-34-38-48(52)39-35-46)44-30-26-42(27-31-44)22-18-17-19-23-43-28-32-45(33-29-43)51(47-36-40-49(53)41-37-47)25-21-16-14-12-10-8-6-4-2/h26-41,50-51H,3-25,52-53H2,1-2H3. The summed E-state index contributed by atoms with van der Waals surface area (Å²) in [6.07, 6.45) is 30.3. The number of nitrogens with two attached hydrogens (primary N) is 2. The molecule has 0 spiro atoms. The Kier molecular flexibility index (Phi) is 20.3. The number of unbranched alkanes of at least 4 members (excludes halogenated alkanes) is 16. The maximum atomic E-state index is 6.05. The lowest BCUT2D eigenvalue weighted by atomic mass is 9.86. The van der Waals surface area contributed by atoms with Gasteiger partial charge in [0.15, 0.2) is 0 Å². The second-order valence-corrected chi connectivity index (χ2v) is 16.0. The Morgan fingerprint density at radius 3 is 0.906 bits per heavy atom. The van der Waals surface area contributed by atoms with Crippen molar-refractivity contribution in [3.8, 4) is 0 Å². The molecule has 0 fully saturated rings. The third kappa shape index (κ3) is 16.2. The van der Waals surface area contributed by atoms with Crippen molar-refractivity contribution in [2.45, 2.75) is 173 Å². The van der Waals surface area contributed by atoms with Crippen LogP contribution in [0.2, 0.25) is 0 Å². The van der Waals surface area contributed by atoms with Crippen LogP contribution in [-0.4, -0.2) is 0 Å². The SMILES string of the molecule is CCCCCCCCCCC(c1ccc(N)cc1)c1ccc(CCCCCc2ccc(C(CCCCCCCCCC)c3ccc(N)cc3)cc2)cc1. The minimum atomic E-state index is 0.447. The van der Waals surface area contributed by atoms with Crippen LogP contribution in [-0.2, 0) is 12.8 Å². The highest BCUT2D eigenvalue weighted by atomic mass is 14.5. The molecule has 2 heteroatoms. The van der Waals surface area contributed by atoms with Gasteiger partial charge in [0, 0.05) is 23.2 Å². The molecular weight excluding hydrogens is 641 g/mol. The van der Waals surface area contributed by atoms with Crippen LogP contribution in [0.15, 0.2) is 97.1 Å². The Labute approximate surface area is 325 Å². The van der Waals surface area contributed by atoms with Crippen LogP contribution in [0.3, 0.4) is 0 Å². The molecule has 0 aliphatic carbocycles. The van der Waals surface area contributed by atoms with Gasteiger partial charge in [-0.2, -0.15) is 0 Å². The Bertz CT molecular complexity index is 1350. The summed E-state index contributed by atoms with van der Waals surface area (Å²) >= 11 is 0. The summed E-state index contributed by atoms with van der Waals surface area (Å²) in [4.78, 5) is 0. The average Bonchev–Trinajstić information content (AvgIpc) is 3.18. The smallest absolute Gasteiger partial charge is 0.0314 e. The second-order valence-electron chi connectivity index (χ2n) is 16.0. The summed E-state index contributed by atoms with van der Waals surface area (Å²) in [5.41, 5.74) is 22.4. The quantitative estimate of drug-likeness (QED) is 0.0454. The molecule has 4 aromatic rings. The Morgan fingerprint density at radius 2 is 0.585 bits per heavy atom. The first-order valence-electron chi connectivity index (χ1n) is 22.0. The molecule has 288 valence electrons. The molecule has 2 atom stereocenters. The Hall–Kier alpha value is -3.52. The summed E-state index contributed by atoms with van der Waals surface area (Å²) in [6.45, 7) is 4.59. The van der Waals surface area contributed by atoms with E-state index >= 15 is 0 Å². The first kappa shape index (κ1) is 42.2. The van der Waals surface area contributed by atoms with Gasteiger partial charge in [0.05, 0.1) is 0 Å². The third-order valence-corrected chi connectivity index (χ3v) is 11.6. The van der Waals surface area contributed by atoms with E-state index in [4.69, 9.17) is 11.5 Å². The monoisotopic (exact) mass is 715 g/mol. The highest BCUT2D eigenvalue weighted by molar-refractivity contribution is 5.44. The van der Waals surface area contributed by atoms with Gasteiger partial charge in [0.1, 0.15) is 0 Å². The first-order chi connectivity index (χ1) is 26.1. The lowest BCUT2D eigenvalue weighted by Crippen LogP contribution is -2.03. The fourth-order valence-corrected chi connectivity index (χ4v) is 8.14. The predicted molar refractivity (Wildman–Crippen MR) is 234 cm³/mol. The summed E-state index contributed by atoms with van der Waals surface area (Å²) < 4.78 is 0. The number of anilines is 2. The summed E-state index contributed by atoms with van der Waals surface area (Å²) in [7, 11) is 0. The van der Waals surface area contributed by atoms with Gasteiger partial charge in [0.2, 0.25) is 0 Å². The zero-order valence-electron chi connectivity index (χ0n) is 33.8. The van der Waals surface area contributed by atoms with E-state index < -0.39 is 0 Å². The van der Waals surface area contributed by atoms with Crippen molar-refractivity contribution < 1.29 is 0 Å². The number of nitrogen functional groups attached to an aromatic ring is 2. The Morgan fingerprint density at radius 1 is 0.321 bits per heavy atom. The Balaban J connectivity index is 1.21. The zero-order valence-corrected chi connectivity index (χ0v) is 33.8.